The lowest BCUT2D eigenvalue weighted by molar-refractivity contribution is 0.454. The molecule has 6 heteroatoms. The Hall–Kier alpha value is 0.0900. The molecule has 1 aromatic heterocycles. The summed E-state index contributed by atoms with van der Waals surface area (Å²) in [5.74, 6) is 0.522. The van der Waals surface area contributed by atoms with Gasteiger partial charge < -0.3 is 0 Å². The summed E-state index contributed by atoms with van der Waals surface area (Å²) >= 11 is 4.68. The first-order valence-corrected chi connectivity index (χ1v) is 8.76. The minimum Gasteiger partial charge on any atom is -0.206 e. The molecule has 1 saturated heterocycles. The third kappa shape index (κ3) is 2.59. The largest absolute Gasteiger partial charge is 0.252 e. The van der Waals surface area contributed by atoms with Gasteiger partial charge in [0.1, 0.15) is 4.21 Å². The Labute approximate surface area is 115 Å². The van der Waals surface area contributed by atoms with Crippen LogP contribution < -0.4 is 0 Å². The van der Waals surface area contributed by atoms with Crippen molar-refractivity contribution >= 4 is 37.3 Å². The quantitative estimate of drug-likeness (QED) is 0.848. The fourth-order valence-electron chi connectivity index (χ4n) is 2.03. The molecule has 0 radical (unpaired) electrons. The molecule has 17 heavy (non-hydrogen) atoms. The van der Waals surface area contributed by atoms with Gasteiger partial charge in [0.05, 0.1) is 3.79 Å². The van der Waals surface area contributed by atoms with Gasteiger partial charge in [-0.15, -0.1) is 11.3 Å². The highest BCUT2D eigenvalue weighted by Gasteiger charge is 2.32. The number of halogens is 1. The standard InChI is InChI=1S/C11H16BrNO2S2/c1-3-9-4-5-13(7-9)17(14,15)10-6-8(2)11(12)16-10/h6,9H,3-5,7H2,1-2H3. The summed E-state index contributed by atoms with van der Waals surface area (Å²) in [5.41, 5.74) is 0.986. The highest BCUT2D eigenvalue weighted by Crippen LogP contribution is 2.34. The van der Waals surface area contributed by atoms with Crippen molar-refractivity contribution in [2.45, 2.75) is 30.9 Å². The second-order valence-electron chi connectivity index (χ2n) is 4.45. The summed E-state index contributed by atoms with van der Waals surface area (Å²) in [6.07, 6.45) is 2.04. The molecule has 2 heterocycles. The minimum absolute atomic E-state index is 0.457. The molecule has 3 nitrogen and oxygen atoms in total. The van der Waals surface area contributed by atoms with Crippen LogP contribution in [0.3, 0.4) is 0 Å². The molecule has 1 aliphatic heterocycles. The summed E-state index contributed by atoms with van der Waals surface area (Å²) in [6.45, 7) is 5.37. The minimum atomic E-state index is -3.26. The van der Waals surface area contributed by atoms with Crippen molar-refractivity contribution < 1.29 is 8.42 Å². The van der Waals surface area contributed by atoms with Gasteiger partial charge in [0.15, 0.2) is 0 Å². The van der Waals surface area contributed by atoms with Crippen molar-refractivity contribution in [3.63, 3.8) is 0 Å². The van der Waals surface area contributed by atoms with Crippen LogP contribution in [-0.2, 0) is 10.0 Å². The summed E-state index contributed by atoms with van der Waals surface area (Å²) in [4.78, 5) is 0. The SMILES string of the molecule is CCC1CCN(S(=O)(=O)c2cc(C)c(Br)s2)C1. The number of aryl methyl sites for hydroxylation is 1. The number of hydrogen-bond donors (Lipinski definition) is 0. The number of hydrogen-bond acceptors (Lipinski definition) is 3. The molecule has 2 rings (SSSR count). The average Bonchev–Trinajstić information content (AvgIpc) is 2.87. The Morgan fingerprint density at radius 2 is 2.29 bits per heavy atom. The van der Waals surface area contributed by atoms with Gasteiger partial charge in [-0.2, -0.15) is 4.31 Å². The maximum absolute atomic E-state index is 12.4. The van der Waals surface area contributed by atoms with E-state index in [2.05, 4.69) is 22.9 Å². The zero-order chi connectivity index (χ0) is 12.6. The average molecular weight is 338 g/mol. The number of thiophene rings is 1. The first-order valence-electron chi connectivity index (χ1n) is 5.71. The molecular formula is C11H16BrNO2S2. The van der Waals surface area contributed by atoms with E-state index in [4.69, 9.17) is 0 Å². The molecule has 1 aromatic rings. The van der Waals surface area contributed by atoms with Crippen LogP contribution in [0.5, 0.6) is 0 Å². The molecule has 1 unspecified atom stereocenters. The van der Waals surface area contributed by atoms with Gasteiger partial charge in [-0.25, -0.2) is 8.42 Å². The second kappa shape index (κ2) is 4.99. The Morgan fingerprint density at radius 3 is 2.76 bits per heavy atom. The van der Waals surface area contributed by atoms with Gasteiger partial charge in [-0.05, 0) is 46.8 Å². The first kappa shape index (κ1) is 13.5. The van der Waals surface area contributed by atoms with Crippen LogP contribution in [-0.4, -0.2) is 25.8 Å². The van der Waals surface area contributed by atoms with E-state index in [0.717, 1.165) is 22.2 Å². The van der Waals surface area contributed by atoms with Crippen molar-refractivity contribution in [2.24, 2.45) is 5.92 Å². The monoisotopic (exact) mass is 337 g/mol. The predicted molar refractivity (Wildman–Crippen MR) is 73.9 cm³/mol. The molecule has 1 aliphatic rings. The Balaban J connectivity index is 2.25. The number of sulfonamides is 1. The van der Waals surface area contributed by atoms with Gasteiger partial charge in [0.25, 0.3) is 10.0 Å². The van der Waals surface area contributed by atoms with Crippen molar-refractivity contribution in [1.29, 1.82) is 0 Å². The van der Waals surface area contributed by atoms with Gasteiger partial charge >= 0.3 is 0 Å². The van der Waals surface area contributed by atoms with Crippen LogP contribution in [0, 0.1) is 12.8 Å². The van der Waals surface area contributed by atoms with E-state index in [-0.39, 0.29) is 0 Å². The summed E-state index contributed by atoms with van der Waals surface area (Å²) in [7, 11) is -3.26. The van der Waals surface area contributed by atoms with E-state index in [1.165, 1.54) is 11.3 Å². The lowest BCUT2D eigenvalue weighted by Crippen LogP contribution is -2.28. The highest BCUT2D eigenvalue weighted by atomic mass is 79.9. The van der Waals surface area contributed by atoms with Gasteiger partial charge in [-0.1, -0.05) is 13.3 Å². The summed E-state index contributed by atoms with van der Waals surface area (Å²) < 4.78 is 27.7. The zero-order valence-electron chi connectivity index (χ0n) is 9.94. The van der Waals surface area contributed by atoms with E-state index < -0.39 is 10.0 Å². The maximum atomic E-state index is 12.4. The molecule has 0 N–H and O–H groups in total. The van der Waals surface area contributed by atoms with Gasteiger partial charge in [-0.3, -0.25) is 0 Å². The number of rotatable bonds is 3. The van der Waals surface area contributed by atoms with Crippen LogP contribution >= 0.6 is 27.3 Å². The maximum Gasteiger partial charge on any atom is 0.252 e. The van der Waals surface area contributed by atoms with Crippen molar-refractivity contribution in [1.82, 2.24) is 4.31 Å². The Kier molecular flexibility index (Phi) is 3.97. The van der Waals surface area contributed by atoms with E-state index in [1.807, 2.05) is 6.92 Å². The van der Waals surface area contributed by atoms with Crippen LogP contribution in [0.1, 0.15) is 25.3 Å². The first-order chi connectivity index (χ1) is 7.95. The fraction of sp³-hybridized carbons (Fsp3) is 0.636. The van der Waals surface area contributed by atoms with E-state index in [9.17, 15) is 8.42 Å². The smallest absolute Gasteiger partial charge is 0.206 e. The lowest BCUT2D eigenvalue weighted by Gasteiger charge is -2.14. The van der Waals surface area contributed by atoms with E-state index in [0.29, 0.717) is 23.2 Å². The normalized spacial score (nSPS) is 22.2. The summed E-state index contributed by atoms with van der Waals surface area (Å²) in [6, 6.07) is 1.75. The van der Waals surface area contributed by atoms with Crippen molar-refractivity contribution in [3.8, 4) is 0 Å². The molecule has 0 saturated carbocycles. The molecule has 0 aromatic carbocycles. The Bertz CT molecular complexity index is 490. The van der Waals surface area contributed by atoms with Crippen molar-refractivity contribution in [3.05, 3.63) is 15.4 Å². The summed E-state index contributed by atoms with van der Waals surface area (Å²) in [5, 5.41) is 0. The molecule has 96 valence electrons. The van der Waals surface area contributed by atoms with Gasteiger partial charge in [0, 0.05) is 13.1 Å². The third-order valence-corrected chi connectivity index (χ3v) is 7.71. The van der Waals surface area contributed by atoms with Crippen LogP contribution in [0.15, 0.2) is 14.1 Å². The fourth-order valence-corrected chi connectivity index (χ4v) is 5.95. The van der Waals surface area contributed by atoms with Crippen molar-refractivity contribution in [2.75, 3.05) is 13.1 Å². The lowest BCUT2D eigenvalue weighted by atomic mass is 10.1. The molecule has 1 atom stereocenters. The highest BCUT2D eigenvalue weighted by molar-refractivity contribution is 9.11. The number of nitrogens with zero attached hydrogens (tertiary/aromatic N) is 1. The van der Waals surface area contributed by atoms with E-state index in [1.54, 1.807) is 10.4 Å². The third-order valence-electron chi connectivity index (χ3n) is 3.25. The molecule has 1 fully saturated rings. The molecule has 0 spiro atoms. The topological polar surface area (TPSA) is 37.4 Å². The zero-order valence-corrected chi connectivity index (χ0v) is 13.2. The molecule has 0 amide bonds. The molecule has 0 aliphatic carbocycles. The van der Waals surface area contributed by atoms with Crippen LogP contribution in [0.4, 0.5) is 0 Å². The predicted octanol–water partition coefficient (Wildman–Crippen LogP) is 3.24. The van der Waals surface area contributed by atoms with E-state index >= 15 is 0 Å². The molecular weight excluding hydrogens is 322 g/mol. The van der Waals surface area contributed by atoms with Crippen LogP contribution in [0.25, 0.3) is 0 Å². The van der Waals surface area contributed by atoms with Crippen LogP contribution in [0.2, 0.25) is 0 Å². The second-order valence-corrected chi connectivity index (χ2v) is 8.98. The van der Waals surface area contributed by atoms with Gasteiger partial charge in [0.2, 0.25) is 0 Å². The Morgan fingerprint density at radius 1 is 1.59 bits per heavy atom. The molecule has 0 bridgehead atoms.